The Morgan fingerprint density at radius 2 is 2.04 bits per heavy atom. The van der Waals surface area contributed by atoms with Gasteiger partial charge in [-0.05, 0) is 48.9 Å². The van der Waals surface area contributed by atoms with Gasteiger partial charge < -0.3 is 9.47 Å². The molecule has 0 fully saturated rings. The van der Waals surface area contributed by atoms with E-state index in [1.54, 1.807) is 30.5 Å². The number of hydrazone groups is 1. The Morgan fingerprint density at radius 1 is 1.21 bits per heavy atom. The van der Waals surface area contributed by atoms with Crippen molar-refractivity contribution in [3.05, 3.63) is 68.6 Å². The molecule has 0 radical (unpaired) electrons. The van der Waals surface area contributed by atoms with Crippen molar-refractivity contribution in [1.82, 2.24) is 4.98 Å². The quantitative estimate of drug-likeness (QED) is 0.241. The van der Waals surface area contributed by atoms with Crippen LogP contribution in [0.15, 0.2) is 46.9 Å². The molecule has 0 spiro atoms. The molecule has 144 valence electrons. The molecule has 0 bridgehead atoms. The van der Waals surface area contributed by atoms with Crippen molar-refractivity contribution in [2.45, 2.75) is 6.92 Å². The summed E-state index contributed by atoms with van der Waals surface area (Å²) in [5, 5.41) is 7.41. The van der Waals surface area contributed by atoms with Gasteiger partial charge >= 0.3 is 5.97 Å². The predicted molar refractivity (Wildman–Crippen MR) is 112 cm³/mol. The Hall–Kier alpha value is -2.61. The summed E-state index contributed by atoms with van der Waals surface area (Å²) >= 11 is 13.4. The van der Waals surface area contributed by atoms with Gasteiger partial charge in [-0.1, -0.05) is 23.2 Å². The Bertz CT molecular complexity index is 1040. The van der Waals surface area contributed by atoms with Crippen molar-refractivity contribution in [2.24, 2.45) is 5.10 Å². The molecule has 0 aliphatic heterocycles. The van der Waals surface area contributed by atoms with Gasteiger partial charge in [0.05, 0.1) is 29.6 Å². The number of rotatable bonds is 6. The maximum Gasteiger partial charge on any atom is 0.345 e. The van der Waals surface area contributed by atoms with E-state index in [4.69, 9.17) is 32.7 Å². The smallest absolute Gasteiger partial charge is 0.345 e. The van der Waals surface area contributed by atoms with E-state index < -0.39 is 5.97 Å². The summed E-state index contributed by atoms with van der Waals surface area (Å²) in [6.07, 6.45) is 1.61. The zero-order valence-electron chi connectivity index (χ0n) is 14.9. The lowest BCUT2D eigenvalue weighted by atomic mass is 10.2. The standard InChI is InChI=1S/C19H15Cl2N3O3S/c1-11-10-28-19(23-11)24-22-9-12-3-6-16(17(7-12)26-2)27-18(25)14-5-4-13(20)8-15(14)21/h3-10H,1-2H3,(H,23,24)/b22-9-. The summed E-state index contributed by atoms with van der Waals surface area (Å²) < 4.78 is 10.7. The van der Waals surface area contributed by atoms with Crippen LogP contribution in [0.1, 0.15) is 21.6 Å². The van der Waals surface area contributed by atoms with Crippen LogP contribution in [0.3, 0.4) is 0 Å². The number of aromatic nitrogens is 1. The number of thiazole rings is 1. The highest BCUT2D eigenvalue weighted by molar-refractivity contribution is 7.13. The van der Waals surface area contributed by atoms with Crippen LogP contribution in [0.4, 0.5) is 5.13 Å². The minimum absolute atomic E-state index is 0.210. The van der Waals surface area contributed by atoms with Crippen LogP contribution >= 0.6 is 34.5 Å². The first kappa shape index (κ1) is 20.1. The number of ether oxygens (including phenoxy) is 2. The number of nitrogens with one attached hydrogen (secondary N) is 1. The van der Waals surface area contributed by atoms with E-state index in [-0.39, 0.29) is 16.3 Å². The summed E-state index contributed by atoms with van der Waals surface area (Å²) in [5.41, 5.74) is 4.74. The summed E-state index contributed by atoms with van der Waals surface area (Å²) in [4.78, 5) is 16.6. The fraction of sp³-hybridized carbons (Fsp3) is 0.105. The number of esters is 1. The second-order valence-corrected chi connectivity index (χ2v) is 7.29. The molecule has 0 saturated heterocycles. The van der Waals surface area contributed by atoms with Gasteiger partial charge in [-0.25, -0.2) is 9.78 Å². The average molecular weight is 436 g/mol. The van der Waals surface area contributed by atoms with Crippen LogP contribution in [-0.2, 0) is 0 Å². The molecule has 0 unspecified atom stereocenters. The number of benzene rings is 2. The summed E-state index contributed by atoms with van der Waals surface area (Å²) in [7, 11) is 1.49. The third-order valence-electron chi connectivity index (χ3n) is 3.53. The maximum atomic E-state index is 12.4. The topological polar surface area (TPSA) is 72.8 Å². The predicted octanol–water partition coefficient (Wildman–Crippen LogP) is 5.43. The molecule has 2 aromatic carbocycles. The van der Waals surface area contributed by atoms with Gasteiger partial charge in [-0.15, -0.1) is 11.3 Å². The zero-order chi connectivity index (χ0) is 20.1. The van der Waals surface area contributed by atoms with Crippen LogP contribution in [0.2, 0.25) is 10.0 Å². The fourth-order valence-corrected chi connectivity index (χ4v) is 3.35. The molecule has 0 saturated carbocycles. The number of anilines is 1. The van der Waals surface area contributed by atoms with Crippen LogP contribution in [0.5, 0.6) is 11.5 Å². The Labute approximate surface area is 175 Å². The summed E-state index contributed by atoms with van der Waals surface area (Å²) in [5.74, 6) is 0.0360. The first-order valence-corrected chi connectivity index (χ1v) is 9.66. The number of hydrogen-bond acceptors (Lipinski definition) is 7. The first-order chi connectivity index (χ1) is 13.5. The molecule has 0 atom stereocenters. The van der Waals surface area contributed by atoms with Crippen molar-refractivity contribution < 1.29 is 14.3 Å². The van der Waals surface area contributed by atoms with Gasteiger partial charge in [0.2, 0.25) is 5.13 Å². The largest absolute Gasteiger partial charge is 0.493 e. The van der Waals surface area contributed by atoms with E-state index in [1.807, 2.05) is 12.3 Å². The molecular weight excluding hydrogens is 421 g/mol. The number of methoxy groups -OCH3 is 1. The Morgan fingerprint density at radius 3 is 2.71 bits per heavy atom. The molecule has 0 amide bonds. The van der Waals surface area contributed by atoms with E-state index in [0.717, 1.165) is 11.3 Å². The lowest BCUT2D eigenvalue weighted by Gasteiger charge is -2.10. The van der Waals surface area contributed by atoms with Crippen molar-refractivity contribution >= 4 is 51.9 Å². The Kier molecular flexibility index (Phi) is 6.51. The van der Waals surface area contributed by atoms with Gasteiger partial charge in [0.25, 0.3) is 0 Å². The molecule has 6 nitrogen and oxygen atoms in total. The van der Waals surface area contributed by atoms with Gasteiger partial charge in [-0.3, -0.25) is 5.43 Å². The molecule has 28 heavy (non-hydrogen) atoms. The monoisotopic (exact) mass is 435 g/mol. The number of carbonyl (C=O) groups is 1. The number of carbonyl (C=O) groups excluding carboxylic acids is 1. The Balaban J connectivity index is 1.72. The van der Waals surface area contributed by atoms with Crippen LogP contribution in [0, 0.1) is 6.92 Å². The molecular formula is C19H15Cl2N3O3S. The van der Waals surface area contributed by atoms with E-state index in [9.17, 15) is 4.79 Å². The van der Waals surface area contributed by atoms with Gasteiger partial charge in [0.15, 0.2) is 11.5 Å². The van der Waals surface area contributed by atoms with Gasteiger partial charge in [0.1, 0.15) is 0 Å². The molecule has 1 aromatic heterocycles. The van der Waals surface area contributed by atoms with E-state index in [0.29, 0.717) is 15.9 Å². The number of aryl methyl sites for hydroxylation is 1. The lowest BCUT2D eigenvalue weighted by molar-refractivity contribution is 0.0730. The number of nitrogens with zero attached hydrogens (tertiary/aromatic N) is 2. The summed E-state index contributed by atoms with van der Waals surface area (Å²) in [6.45, 7) is 1.91. The highest BCUT2D eigenvalue weighted by atomic mass is 35.5. The van der Waals surface area contributed by atoms with Gasteiger partial charge in [0, 0.05) is 10.4 Å². The second kappa shape index (κ2) is 9.05. The molecule has 3 aromatic rings. The SMILES string of the molecule is COc1cc(/C=N\Nc2nc(C)cs2)ccc1OC(=O)c1ccc(Cl)cc1Cl. The molecule has 3 rings (SSSR count). The van der Waals surface area contributed by atoms with Crippen molar-refractivity contribution in [3.63, 3.8) is 0 Å². The molecule has 1 heterocycles. The van der Waals surface area contributed by atoms with Gasteiger partial charge in [-0.2, -0.15) is 5.10 Å². The highest BCUT2D eigenvalue weighted by Gasteiger charge is 2.16. The first-order valence-electron chi connectivity index (χ1n) is 8.02. The van der Waals surface area contributed by atoms with Crippen molar-refractivity contribution in [3.8, 4) is 11.5 Å². The molecule has 1 N–H and O–H groups in total. The normalized spacial score (nSPS) is 10.9. The molecule has 0 aliphatic rings. The average Bonchev–Trinajstić information content (AvgIpc) is 3.07. The van der Waals surface area contributed by atoms with Crippen molar-refractivity contribution in [2.75, 3.05) is 12.5 Å². The van der Waals surface area contributed by atoms with E-state index in [1.165, 1.54) is 30.6 Å². The third kappa shape index (κ3) is 5.01. The zero-order valence-corrected chi connectivity index (χ0v) is 17.2. The minimum atomic E-state index is -0.609. The van der Waals surface area contributed by atoms with Crippen LogP contribution in [0.25, 0.3) is 0 Å². The number of hydrogen-bond donors (Lipinski definition) is 1. The molecule has 0 aliphatic carbocycles. The summed E-state index contributed by atoms with van der Waals surface area (Å²) in [6, 6.07) is 9.62. The lowest BCUT2D eigenvalue weighted by Crippen LogP contribution is -2.10. The third-order valence-corrected chi connectivity index (χ3v) is 4.95. The maximum absolute atomic E-state index is 12.4. The molecule has 9 heteroatoms. The second-order valence-electron chi connectivity index (χ2n) is 5.59. The minimum Gasteiger partial charge on any atom is -0.493 e. The van der Waals surface area contributed by atoms with E-state index >= 15 is 0 Å². The fourth-order valence-electron chi connectivity index (χ4n) is 2.23. The van der Waals surface area contributed by atoms with E-state index in [2.05, 4.69) is 15.5 Å². The van der Waals surface area contributed by atoms with Crippen LogP contribution < -0.4 is 14.9 Å². The van der Waals surface area contributed by atoms with Crippen LogP contribution in [-0.4, -0.2) is 24.3 Å². The number of halogens is 2. The highest BCUT2D eigenvalue weighted by Crippen LogP contribution is 2.30. The van der Waals surface area contributed by atoms with Crippen molar-refractivity contribution in [1.29, 1.82) is 0 Å².